The highest BCUT2D eigenvalue weighted by molar-refractivity contribution is 9.10. The second kappa shape index (κ2) is 4.42. The molecular formula is C9H11BrClNO. The lowest BCUT2D eigenvalue weighted by molar-refractivity contribution is 0.164. The molecule has 72 valence electrons. The lowest BCUT2D eigenvalue weighted by Crippen LogP contribution is -2.22. The number of aliphatic hydroxyl groups is 1. The Labute approximate surface area is 90.8 Å². The number of hydrogen-bond donors (Lipinski definition) is 2. The van der Waals surface area contributed by atoms with Crippen LogP contribution < -0.4 is 5.73 Å². The number of halogens is 2. The first-order valence-corrected chi connectivity index (χ1v) is 5.08. The summed E-state index contributed by atoms with van der Waals surface area (Å²) in [5, 5.41) is 9.86. The highest BCUT2D eigenvalue weighted by Crippen LogP contribution is 2.26. The SMILES string of the molecule is CC(O)C(N)c1ccc(Br)c(Cl)c1. The van der Waals surface area contributed by atoms with Crippen LogP contribution in [0.1, 0.15) is 18.5 Å². The van der Waals surface area contributed by atoms with Crippen LogP contribution in [-0.4, -0.2) is 11.2 Å². The van der Waals surface area contributed by atoms with Crippen LogP contribution in [-0.2, 0) is 0 Å². The van der Waals surface area contributed by atoms with Crippen molar-refractivity contribution in [2.75, 3.05) is 0 Å². The van der Waals surface area contributed by atoms with Gasteiger partial charge in [-0.3, -0.25) is 0 Å². The van der Waals surface area contributed by atoms with E-state index in [1.165, 1.54) is 0 Å². The molecular weight excluding hydrogens is 253 g/mol. The zero-order chi connectivity index (χ0) is 10.0. The van der Waals surface area contributed by atoms with Gasteiger partial charge in [0.1, 0.15) is 0 Å². The summed E-state index contributed by atoms with van der Waals surface area (Å²) in [6.07, 6.45) is -0.572. The van der Waals surface area contributed by atoms with E-state index in [2.05, 4.69) is 15.9 Å². The Morgan fingerprint density at radius 2 is 2.15 bits per heavy atom. The molecule has 0 fully saturated rings. The standard InChI is InChI=1S/C9H11BrClNO/c1-5(13)9(12)6-2-3-7(10)8(11)4-6/h2-5,9,13H,12H2,1H3. The zero-order valence-electron chi connectivity index (χ0n) is 7.17. The van der Waals surface area contributed by atoms with Gasteiger partial charge in [0.15, 0.2) is 0 Å². The molecule has 0 heterocycles. The summed E-state index contributed by atoms with van der Waals surface area (Å²) in [4.78, 5) is 0. The topological polar surface area (TPSA) is 46.2 Å². The molecule has 1 rings (SSSR count). The van der Waals surface area contributed by atoms with Crippen LogP contribution in [0.15, 0.2) is 22.7 Å². The monoisotopic (exact) mass is 263 g/mol. The van der Waals surface area contributed by atoms with Crippen LogP contribution in [0.4, 0.5) is 0 Å². The Morgan fingerprint density at radius 1 is 1.54 bits per heavy atom. The van der Waals surface area contributed by atoms with E-state index >= 15 is 0 Å². The van der Waals surface area contributed by atoms with E-state index in [4.69, 9.17) is 17.3 Å². The van der Waals surface area contributed by atoms with Gasteiger partial charge in [-0.1, -0.05) is 17.7 Å². The minimum atomic E-state index is -0.572. The Morgan fingerprint density at radius 3 is 2.62 bits per heavy atom. The third-order valence-corrected chi connectivity index (χ3v) is 3.08. The number of nitrogens with two attached hydrogens (primary N) is 1. The summed E-state index contributed by atoms with van der Waals surface area (Å²) in [6.45, 7) is 1.65. The van der Waals surface area contributed by atoms with Crippen molar-refractivity contribution in [3.8, 4) is 0 Å². The third-order valence-electron chi connectivity index (χ3n) is 1.85. The van der Waals surface area contributed by atoms with E-state index in [-0.39, 0.29) is 6.04 Å². The van der Waals surface area contributed by atoms with Crippen molar-refractivity contribution < 1.29 is 5.11 Å². The van der Waals surface area contributed by atoms with Crippen LogP contribution in [0, 0.1) is 0 Å². The number of rotatable bonds is 2. The van der Waals surface area contributed by atoms with Crippen molar-refractivity contribution in [3.05, 3.63) is 33.3 Å². The summed E-state index contributed by atoms with van der Waals surface area (Å²) >= 11 is 9.16. The van der Waals surface area contributed by atoms with Crippen LogP contribution in [0.2, 0.25) is 5.02 Å². The maximum Gasteiger partial charge on any atom is 0.0704 e. The molecule has 4 heteroatoms. The lowest BCUT2D eigenvalue weighted by atomic mass is 10.0. The van der Waals surface area contributed by atoms with Gasteiger partial charge in [-0.2, -0.15) is 0 Å². The molecule has 3 N–H and O–H groups in total. The molecule has 2 nitrogen and oxygen atoms in total. The average Bonchev–Trinajstić information content (AvgIpc) is 2.08. The Balaban J connectivity index is 2.97. The molecule has 0 aromatic heterocycles. The van der Waals surface area contributed by atoms with Crippen molar-refractivity contribution in [1.82, 2.24) is 0 Å². The number of benzene rings is 1. The molecule has 0 radical (unpaired) electrons. The van der Waals surface area contributed by atoms with Gasteiger partial charge < -0.3 is 10.8 Å². The van der Waals surface area contributed by atoms with E-state index < -0.39 is 6.10 Å². The maximum absolute atomic E-state index is 9.25. The average molecular weight is 265 g/mol. The van der Waals surface area contributed by atoms with Gasteiger partial charge in [-0.25, -0.2) is 0 Å². The van der Waals surface area contributed by atoms with Crippen LogP contribution in [0.5, 0.6) is 0 Å². The minimum Gasteiger partial charge on any atom is -0.391 e. The molecule has 0 amide bonds. The van der Waals surface area contributed by atoms with E-state index in [0.717, 1.165) is 10.0 Å². The molecule has 0 saturated carbocycles. The quantitative estimate of drug-likeness (QED) is 0.862. The van der Waals surface area contributed by atoms with Gasteiger partial charge in [0.2, 0.25) is 0 Å². The Bertz CT molecular complexity index is 304. The molecule has 13 heavy (non-hydrogen) atoms. The van der Waals surface area contributed by atoms with Gasteiger partial charge in [-0.05, 0) is 40.5 Å². The largest absolute Gasteiger partial charge is 0.391 e. The predicted molar refractivity (Wildman–Crippen MR) is 57.8 cm³/mol. The Kier molecular flexibility index (Phi) is 3.74. The number of aliphatic hydroxyl groups excluding tert-OH is 1. The minimum absolute atomic E-state index is 0.384. The van der Waals surface area contributed by atoms with Crippen molar-refractivity contribution in [2.45, 2.75) is 19.1 Å². The van der Waals surface area contributed by atoms with Crippen molar-refractivity contribution in [3.63, 3.8) is 0 Å². The molecule has 0 bridgehead atoms. The maximum atomic E-state index is 9.25. The van der Waals surface area contributed by atoms with E-state index in [1.807, 2.05) is 12.1 Å². The Hall–Kier alpha value is -0.0900. The molecule has 1 aromatic carbocycles. The first-order valence-electron chi connectivity index (χ1n) is 3.91. The van der Waals surface area contributed by atoms with Crippen LogP contribution in [0.25, 0.3) is 0 Å². The number of hydrogen-bond acceptors (Lipinski definition) is 2. The van der Waals surface area contributed by atoms with E-state index in [0.29, 0.717) is 5.02 Å². The molecule has 0 aliphatic rings. The van der Waals surface area contributed by atoms with E-state index in [1.54, 1.807) is 13.0 Å². The van der Waals surface area contributed by atoms with Gasteiger partial charge in [0.05, 0.1) is 17.2 Å². The first-order chi connectivity index (χ1) is 6.02. The molecule has 0 spiro atoms. The molecule has 0 aliphatic carbocycles. The molecule has 2 unspecified atom stereocenters. The second-order valence-electron chi connectivity index (χ2n) is 2.94. The predicted octanol–water partition coefficient (Wildman–Crippen LogP) is 2.48. The smallest absolute Gasteiger partial charge is 0.0704 e. The molecule has 1 aromatic rings. The fraction of sp³-hybridized carbons (Fsp3) is 0.333. The summed E-state index contributed by atoms with van der Waals surface area (Å²) in [5.74, 6) is 0. The van der Waals surface area contributed by atoms with Gasteiger partial charge >= 0.3 is 0 Å². The van der Waals surface area contributed by atoms with Crippen LogP contribution >= 0.6 is 27.5 Å². The fourth-order valence-electron chi connectivity index (χ4n) is 0.998. The van der Waals surface area contributed by atoms with Gasteiger partial charge in [0, 0.05) is 4.47 Å². The normalized spacial score (nSPS) is 15.5. The van der Waals surface area contributed by atoms with Gasteiger partial charge in [0.25, 0.3) is 0 Å². The highest BCUT2D eigenvalue weighted by atomic mass is 79.9. The highest BCUT2D eigenvalue weighted by Gasteiger charge is 2.12. The summed E-state index contributed by atoms with van der Waals surface area (Å²) in [7, 11) is 0. The molecule has 2 atom stereocenters. The fourth-order valence-corrected chi connectivity index (χ4v) is 1.43. The summed E-state index contributed by atoms with van der Waals surface area (Å²) in [6, 6.07) is 5.03. The van der Waals surface area contributed by atoms with E-state index in [9.17, 15) is 5.11 Å². The van der Waals surface area contributed by atoms with Crippen molar-refractivity contribution >= 4 is 27.5 Å². The lowest BCUT2D eigenvalue weighted by Gasteiger charge is -2.15. The van der Waals surface area contributed by atoms with Crippen LogP contribution in [0.3, 0.4) is 0 Å². The summed E-state index contributed by atoms with van der Waals surface area (Å²) in [5.41, 5.74) is 6.57. The van der Waals surface area contributed by atoms with Gasteiger partial charge in [-0.15, -0.1) is 0 Å². The first kappa shape index (κ1) is 11.0. The van der Waals surface area contributed by atoms with Crippen molar-refractivity contribution in [1.29, 1.82) is 0 Å². The zero-order valence-corrected chi connectivity index (χ0v) is 9.51. The summed E-state index contributed by atoms with van der Waals surface area (Å²) < 4.78 is 0.829. The molecule has 0 aliphatic heterocycles. The second-order valence-corrected chi connectivity index (χ2v) is 4.20. The van der Waals surface area contributed by atoms with Crippen molar-refractivity contribution in [2.24, 2.45) is 5.73 Å². The molecule has 0 saturated heterocycles. The third kappa shape index (κ3) is 2.68.